The van der Waals surface area contributed by atoms with Gasteiger partial charge in [-0.25, -0.2) is 14.6 Å². The summed E-state index contributed by atoms with van der Waals surface area (Å²) in [7, 11) is 0. The molecule has 0 aliphatic heterocycles. The summed E-state index contributed by atoms with van der Waals surface area (Å²) in [5.41, 5.74) is 0. The number of nitrogens with one attached hydrogen (secondary N) is 2. The van der Waals surface area contributed by atoms with E-state index in [1.165, 1.54) is 0 Å². The zero-order valence-corrected chi connectivity index (χ0v) is 12.0. The second-order valence-corrected chi connectivity index (χ2v) is 4.92. The normalized spacial score (nSPS) is 12.2. The molecule has 7 heteroatoms. The Labute approximate surface area is 117 Å². The van der Waals surface area contributed by atoms with Gasteiger partial charge >= 0.3 is 12.0 Å². The van der Waals surface area contributed by atoms with Gasteiger partial charge in [-0.2, -0.15) is 0 Å². The van der Waals surface area contributed by atoms with Gasteiger partial charge in [0.25, 0.3) is 0 Å². The fourth-order valence-corrected chi connectivity index (χ4v) is 1.65. The van der Waals surface area contributed by atoms with Gasteiger partial charge in [0.1, 0.15) is 11.8 Å². The zero-order chi connectivity index (χ0) is 15.1. The van der Waals surface area contributed by atoms with Crippen molar-refractivity contribution in [3.05, 3.63) is 17.8 Å². The van der Waals surface area contributed by atoms with Crippen molar-refractivity contribution >= 4 is 12.0 Å². The Balaban J connectivity index is 2.43. The molecule has 7 nitrogen and oxygen atoms in total. The number of carboxylic acid groups (broad SMARTS) is 1. The minimum Gasteiger partial charge on any atom is -0.480 e. The minimum absolute atomic E-state index is 0.125. The molecule has 0 aliphatic rings. The molecule has 2 amide bonds. The molecule has 0 aromatic carbocycles. The maximum absolute atomic E-state index is 11.6. The van der Waals surface area contributed by atoms with Crippen LogP contribution in [0.15, 0.2) is 10.6 Å². The van der Waals surface area contributed by atoms with Crippen LogP contribution >= 0.6 is 0 Å². The highest BCUT2D eigenvalue weighted by Crippen LogP contribution is 2.05. The number of aromatic nitrogens is 1. The molecule has 0 aliphatic carbocycles. The molecule has 0 unspecified atom stereocenters. The van der Waals surface area contributed by atoms with Gasteiger partial charge in [-0.3, -0.25) is 0 Å². The molecule has 0 saturated carbocycles. The maximum Gasteiger partial charge on any atom is 0.326 e. The molecule has 0 spiro atoms. The fourth-order valence-electron chi connectivity index (χ4n) is 1.65. The molecule has 0 radical (unpaired) electrons. The molecule has 1 heterocycles. The molecule has 0 saturated heterocycles. The first-order valence-corrected chi connectivity index (χ1v) is 6.63. The third kappa shape index (κ3) is 5.29. The lowest BCUT2D eigenvalue weighted by Gasteiger charge is -2.16. The Bertz CT molecular complexity index is 456. The Morgan fingerprint density at radius 3 is 2.65 bits per heavy atom. The zero-order valence-electron chi connectivity index (χ0n) is 12.0. The summed E-state index contributed by atoms with van der Waals surface area (Å²) in [6.45, 7) is 5.86. The monoisotopic (exact) mass is 283 g/mol. The highest BCUT2D eigenvalue weighted by molar-refractivity contribution is 5.82. The number of oxazole rings is 1. The van der Waals surface area contributed by atoms with Gasteiger partial charge < -0.3 is 20.2 Å². The average molecular weight is 283 g/mol. The number of carbonyl (C=O) groups is 2. The third-order valence-corrected chi connectivity index (χ3v) is 2.66. The van der Waals surface area contributed by atoms with Crippen molar-refractivity contribution in [3.63, 3.8) is 0 Å². The predicted octanol–water partition coefficient (Wildman–Crippen LogP) is 1.54. The fraction of sp³-hybridized carbons (Fsp3) is 0.615. The molecular weight excluding hydrogens is 262 g/mol. The number of aliphatic carboxylic acids is 1. The smallest absolute Gasteiger partial charge is 0.326 e. The number of nitrogens with zero attached hydrogens (tertiary/aromatic N) is 1. The summed E-state index contributed by atoms with van der Waals surface area (Å²) in [5, 5.41) is 14.0. The Morgan fingerprint density at radius 1 is 1.45 bits per heavy atom. The van der Waals surface area contributed by atoms with Gasteiger partial charge in [0, 0.05) is 6.42 Å². The molecule has 1 aromatic heterocycles. The van der Waals surface area contributed by atoms with Crippen LogP contribution in [0.4, 0.5) is 4.79 Å². The summed E-state index contributed by atoms with van der Waals surface area (Å²) in [6.07, 6.45) is 2.71. The van der Waals surface area contributed by atoms with Crippen LogP contribution in [0, 0.1) is 5.92 Å². The van der Waals surface area contributed by atoms with Gasteiger partial charge in [0.05, 0.1) is 12.7 Å². The molecule has 1 atom stereocenters. The Kier molecular flexibility index (Phi) is 6.02. The van der Waals surface area contributed by atoms with Crippen LogP contribution < -0.4 is 10.6 Å². The van der Waals surface area contributed by atoms with E-state index in [9.17, 15) is 9.59 Å². The number of carboxylic acids is 1. The molecule has 1 rings (SSSR count). The van der Waals surface area contributed by atoms with Crippen molar-refractivity contribution in [2.45, 2.75) is 46.2 Å². The van der Waals surface area contributed by atoms with Crippen molar-refractivity contribution in [2.75, 3.05) is 0 Å². The SMILES string of the molecule is CCc1cnc(CNC(=O)N[C@@H](CC(C)C)C(=O)O)o1. The van der Waals surface area contributed by atoms with E-state index in [0.717, 1.165) is 12.2 Å². The minimum atomic E-state index is -1.04. The number of aryl methyl sites for hydroxylation is 1. The predicted molar refractivity (Wildman–Crippen MR) is 72.1 cm³/mol. The second-order valence-electron chi connectivity index (χ2n) is 4.92. The standard InChI is InChI=1S/C13H21N3O4/c1-4-9-6-14-11(20-9)7-15-13(19)16-10(12(17)18)5-8(2)3/h6,8,10H,4-5,7H2,1-3H3,(H,17,18)(H2,15,16,19)/t10-/m0/s1. The first-order valence-electron chi connectivity index (χ1n) is 6.63. The molecule has 1 aromatic rings. The summed E-state index contributed by atoms with van der Waals surface area (Å²) in [5.74, 6) is 0.270. The Morgan fingerprint density at radius 2 is 2.15 bits per heavy atom. The molecule has 0 bridgehead atoms. The number of urea groups is 1. The number of amides is 2. The van der Waals surface area contributed by atoms with Crippen molar-refractivity contribution in [3.8, 4) is 0 Å². The summed E-state index contributed by atoms with van der Waals surface area (Å²) in [6, 6.07) is -1.44. The lowest BCUT2D eigenvalue weighted by atomic mass is 10.0. The third-order valence-electron chi connectivity index (χ3n) is 2.66. The summed E-state index contributed by atoms with van der Waals surface area (Å²) < 4.78 is 5.33. The van der Waals surface area contributed by atoms with Crippen molar-refractivity contribution in [1.29, 1.82) is 0 Å². The van der Waals surface area contributed by atoms with E-state index in [4.69, 9.17) is 9.52 Å². The van der Waals surface area contributed by atoms with Crippen LogP contribution in [0.3, 0.4) is 0 Å². The molecule has 3 N–H and O–H groups in total. The van der Waals surface area contributed by atoms with Crippen molar-refractivity contribution in [2.24, 2.45) is 5.92 Å². The first kappa shape index (κ1) is 16.0. The van der Waals surface area contributed by atoms with E-state index in [2.05, 4.69) is 15.6 Å². The largest absolute Gasteiger partial charge is 0.480 e. The molecular formula is C13H21N3O4. The van der Waals surface area contributed by atoms with Crippen LogP contribution in [-0.4, -0.2) is 28.1 Å². The van der Waals surface area contributed by atoms with Crippen LogP contribution in [0.25, 0.3) is 0 Å². The topological polar surface area (TPSA) is 104 Å². The van der Waals surface area contributed by atoms with Crippen LogP contribution in [0.2, 0.25) is 0 Å². The Hall–Kier alpha value is -2.05. The van der Waals surface area contributed by atoms with E-state index in [0.29, 0.717) is 12.3 Å². The van der Waals surface area contributed by atoms with E-state index >= 15 is 0 Å². The number of carbonyl (C=O) groups excluding carboxylic acids is 1. The average Bonchev–Trinajstić information content (AvgIpc) is 2.83. The summed E-state index contributed by atoms with van der Waals surface area (Å²) >= 11 is 0. The lowest BCUT2D eigenvalue weighted by molar-refractivity contribution is -0.139. The van der Waals surface area contributed by atoms with Crippen molar-refractivity contribution < 1.29 is 19.1 Å². The highest BCUT2D eigenvalue weighted by atomic mass is 16.4. The molecule has 20 heavy (non-hydrogen) atoms. The quantitative estimate of drug-likeness (QED) is 0.704. The van der Waals surface area contributed by atoms with E-state index < -0.39 is 18.0 Å². The van der Waals surface area contributed by atoms with Crippen LogP contribution in [-0.2, 0) is 17.8 Å². The maximum atomic E-state index is 11.6. The van der Waals surface area contributed by atoms with Crippen LogP contribution in [0.5, 0.6) is 0 Å². The second kappa shape index (κ2) is 7.52. The molecule has 112 valence electrons. The first-order chi connectivity index (χ1) is 9.42. The van der Waals surface area contributed by atoms with Gasteiger partial charge in [-0.05, 0) is 12.3 Å². The van der Waals surface area contributed by atoms with Crippen molar-refractivity contribution in [1.82, 2.24) is 15.6 Å². The van der Waals surface area contributed by atoms with Gasteiger partial charge in [0.2, 0.25) is 5.89 Å². The van der Waals surface area contributed by atoms with Crippen LogP contribution in [0.1, 0.15) is 38.8 Å². The summed E-state index contributed by atoms with van der Waals surface area (Å²) in [4.78, 5) is 26.6. The molecule has 0 fully saturated rings. The van der Waals surface area contributed by atoms with E-state index in [1.807, 2.05) is 20.8 Å². The highest BCUT2D eigenvalue weighted by Gasteiger charge is 2.21. The number of hydrogen-bond donors (Lipinski definition) is 3. The van der Waals surface area contributed by atoms with E-state index in [-0.39, 0.29) is 12.5 Å². The lowest BCUT2D eigenvalue weighted by Crippen LogP contribution is -2.46. The van der Waals surface area contributed by atoms with E-state index in [1.54, 1.807) is 6.20 Å². The number of rotatable bonds is 7. The van der Waals surface area contributed by atoms with Gasteiger partial charge in [-0.15, -0.1) is 0 Å². The number of hydrogen-bond acceptors (Lipinski definition) is 4. The van der Waals surface area contributed by atoms with Gasteiger partial charge in [0.15, 0.2) is 0 Å². The van der Waals surface area contributed by atoms with Gasteiger partial charge in [-0.1, -0.05) is 20.8 Å².